The zero-order chi connectivity index (χ0) is 21.2. The number of para-hydroxylation sites is 1. The van der Waals surface area contributed by atoms with Crippen molar-refractivity contribution in [2.24, 2.45) is 0 Å². The van der Waals surface area contributed by atoms with E-state index in [1.165, 1.54) is 6.07 Å². The summed E-state index contributed by atoms with van der Waals surface area (Å²) in [5.74, 6) is -0.499. The first-order chi connectivity index (χ1) is 13.7. The average molecular weight is 444 g/mol. The Kier molecular flexibility index (Phi) is 5.76. The van der Waals surface area contributed by atoms with Crippen LogP contribution < -0.4 is 10.6 Å². The predicted molar refractivity (Wildman–Crippen MR) is 103 cm³/mol. The molecule has 7 nitrogen and oxygen atoms in total. The highest BCUT2D eigenvalue weighted by atomic mass is 35.5. The Morgan fingerprint density at radius 2 is 1.62 bits per heavy atom. The molecule has 2 aromatic carbocycles. The Morgan fingerprint density at radius 3 is 2.24 bits per heavy atom. The number of aromatic nitrogens is 2. The number of benzene rings is 2. The Hall–Kier alpha value is -3.11. The third-order valence-corrected chi connectivity index (χ3v) is 4.33. The molecule has 0 saturated carbocycles. The van der Waals surface area contributed by atoms with Gasteiger partial charge in [0.15, 0.2) is 0 Å². The van der Waals surface area contributed by atoms with E-state index in [9.17, 15) is 23.3 Å². The molecule has 12 heteroatoms. The summed E-state index contributed by atoms with van der Waals surface area (Å²) in [4.78, 5) is 18.5. The highest BCUT2D eigenvalue weighted by Crippen LogP contribution is 2.38. The minimum atomic E-state index is -4.69. The zero-order valence-electron chi connectivity index (χ0n) is 14.2. The summed E-state index contributed by atoms with van der Waals surface area (Å²) < 4.78 is 39.2. The molecule has 0 aliphatic rings. The first-order valence-electron chi connectivity index (χ1n) is 7.81. The van der Waals surface area contributed by atoms with Crippen molar-refractivity contribution in [3.05, 3.63) is 74.5 Å². The summed E-state index contributed by atoms with van der Waals surface area (Å²) >= 11 is 11.6. The van der Waals surface area contributed by atoms with Crippen LogP contribution in [0.3, 0.4) is 0 Å². The monoisotopic (exact) mass is 443 g/mol. The fourth-order valence-corrected chi connectivity index (χ4v) is 2.79. The number of hydrogen-bond donors (Lipinski definition) is 2. The van der Waals surface area contributed by atoms with E-state index in [1.54, 1.807) is 24.3 Å². The molecule has 0 atom stereocenters. The van der Waals surface area contributed by atoms with Crippen LogP contribution in [0.25, 0.3) is 0 Å². The lowest BCUT2D eigenvalue weighted by atomic mass is 10.2. The van der Waals surface area contributed by atoms with E-state index in [0.717, 1.165) is 18.5 Å². The second-order valence-corrected chi connectivity index (χ2v) is 6.41. The van der Waals surface area contributed by atoms with E-state index in [4.69, 9.17) is 23.2 Å². The molecule has 0 spiro atoms. The SMILES string of the molecule is O=[N+]([O-])c1c(Nc2ccc(Cl)c(C(F)(F)F)c2)ncnc1Nc1ccccc1Cl. The summed E-state index contributed by atoms with van der Waals surface area (Å²) in [7, 11) is 0. The molecule has 0 aliphatic heterocycles. The Labute approximate surface area is 171 Å². The largest absolute Gasteiger partial charge is 0.417 e. The molecular weight excluding hydrogens is 434 g/mol. The molecule has 0 amide bonds. The second kappa shape index (κ2) is 8.10. The fourth-order valence-electron chi connectivity index (χ4n) is 2.38. The van der Waals surface area contributed by atoms with E-state index in [0.29, 0.717) is 10.7 Å². The number of nitrogens with zero attached hydrogens (tertiary/aromatic N) is 3. The number of nitro groups is 1. The molecule has 0 saturated heterocycles. The van der Waals surface area contributed by atoms with Gasteiger partial charge in [-0.25, -0.2) is 9.97 Å². The van der Waals surface area contributed by atoms with Gasteiger partial charge in [0, 0.05) is 5.69 Å². The third-order valence-electron chi connectivity index (χ3n) is 3.67. The van der Waals surface area contributed by atoms with Crippen molar-refractivity contribution in [2.45, 2.75) is 6.18 Å². The van der Waals surface area contributed by atoms with Crippen LogP contribution in [0.15, 0.2) is 48.8 Å². The molecular formula is C17H10Cl2F3N5O2. The van der Waals surface area contributed by atoms with Gasteiger partial charge in [-0.3, -0.25) is 10.1 Å². The fraction of sp³-hybridized carbons (Fsp3) is 0.0588. The maximum atomic E-state index is 13.1. The Balaban J connectivity index is 2.01. The molecule has 1 aromatic heterocycles. The van der Waals surface area contributed by atoms with Gasteiger partial charge in [-0.05, 0) is 30.3 Å². The lowest BCUT2D eigenvalue weighted by Gasteiger charge is -2.13. The topological polar surface area (TPSA) is 93.0 Å². The predicted octanol–water partition coefficient (Wildman–Crippen LogP) is 6.20. The molecule has 3 aromatic rings. The van der Waals surface area contributed by atoms with Crippen LogP contribution in [0.1, 0.15) is 5.56 Å². The van der Waals surface area contributed by atoms with E-state index >= 15 is 0 Å². The molecule has 0 fully saturated rings. The third kappa shape index (κ3) is 4.66. The highest BCUT2D eigenvalue weighted by molar-refractivity contribution is 6.33. The molecule has 2 N–H and O–H groups in total. The number of anilines is 4. The molecule has 1 heterocycles. The number of rotatable bonds is 5. The number of nitrogens with one attached hydrogen (secondary N) is 2. The van der Waals surface area contributed by atoms with E-state index in [-0.39, 0.29) is 17.3 Å². The van der Waals surface area contributed by atoms with Crippen molar-refractivity contribution in [2.75, 3.05) is 10.6 Å². The standard InChI is InChI=1S/C17H10Cl2F3N5O2/c18-11-6-5-9(7-10(11)17(20,21)22)25-15-14(27(28)29)16(24-8-23-15)26-13-4-2-1-3-12(13)19/h1-8H,(H2,23,24,25,26). The normalized spacial score (nSPS) is 11.2. The summed E-state index contributed by atoms with van der Waals surface area (Å²) in [6.45, 7) is 0. The summed E-state index contributed by atoms with van der Waals surface area (Å²) in [5, 5.41) is 16.6. The van der Waals surface area contributed by atoms with Gasteiger partial charge >= 0.3 is 11.9 Å². The second-order valence-electron chi connectivity index (χ2n) is 5.60. The van der Waals surface area contributed by atoms with Gasteiger partial charge in [-0.1, -0.05) is 35.3 Å². The van der Waals surface area contributed by atoms with Crippen LogP contribution in [-0.2, 0) is 6.18 Å². The van der Waals surface area contributed by atoms with Crippen LogP contribution >= 0.6 is 23.2 Å². The van der Waals surface area contributed by atoms with Crippen molar-refractivity contribution >= 4 is 51.9 Å². The molecule has 0 radical (unpaired) electrons. The molecule has 29 heavy (non-hydrogen) atoms. The van der Waals surface area contributed by atoms with E-state index < -0.39 is 27.4 Å². The van der Waals surface area contributed by atoms with Crippen molar-refractivity contribution < 1.29 is 18.1 Å². The number of halogens is 5. The zero-order valence-corrected chi connectivity index (χ0v) is 15.7. The lowest BCUT2D eigenvalue weighted by molar-refractivity contribution is -0.383. The van der Waals surface area contributed by atoms with Gasteiger partial charge in [0.2, 0.25) is 11.6 Å². The molecule has 150 valence electrons. The lowest BCUT2D eigenvalue weighted by Crippen LogP contribution is -2.08. The highest BCUT2D eigenvalue weighted by Gasteiger charge is 2.33. The first-order valence-corrected chi connectivity index (χ1v) is 8.57. The van der Waals surface area contributed by atoms with Crippen molar-refractivity contribution in [3.63, 3.8) is 0 Å². The smallest absolute Gasteiger partial charge is 0.334 e. The summed E-state index contributed by atoms with van der Waals surface area (Å²) in [6.07, 6.45) is -3.67. The van der Waals surface area contributed by atoms with Crippen LogP contribution in [0.5, 0.6) is 0 Å². The van der Waals surface area contributed by atoms with Gasteiger partial charge in [-0.2, -0.15) is 13.2 Å². The summed E-state index contributed by atoms with van der Waals surface area (Å²) in [6, 6.07) is 9.49. The van der Waals surface area contributed by atoms with Crippen molar-refractivity contribution in [3.8, 4) is 0 Å². The molecule has 3 rings (SSSR count). The molecule has 0 unspecified atom stereocenters. The van der Waals surface area contributed by atoms with Gasteiger partial charge < -0.3 is 10.6 Å². The van der Waals surface area contributed by atoms with Crippen LogP contribution in [0.2, 0.25) is 10.0 Å². The maximum Gasteiger partial charge on any atom is 0.417 e. The van der Waals surface area contributed by atoms with Gasteiger partial charge in [0.25, 0.3) is 0 Å². The van der Waals surface area contributed by atoms with Gasteiger partial charge in [0.05, 0.1) is 26.2 Å². The van der Waals surface area contributed by atoms with E-state index in [2.05, 4.69) is 20.6 Å². The summed E-state index contributed by atoms with van der Waals surface area (Å²) in [5.41, 5.74) is -1.40. The first kappa shape index (κ1) is 20.6. The van der Waals surface area contributed by atoms with E-state index in [1.807, 2.05) is 0 Å². The Bertz CT molecular complexity index is 1080. The Morgan fingerprint density at radius 1 is 0.966 bits per heavy atom. The quantitative estimate of drug-likeness (QED) is 0.360. The molecule has 0 bridgehead atoms. The minimum Gasteiger partial charge on any atom is -0.334 e. The number of hydrogen-bond acceptors (Lipinski definition) is 6. The number of alkyl halides is 3. The van der Waals surface area contributed by atoms with Crippen LogP contribution in [0.4, 0.5) is 41.9 Å². The van der Waals surface area contributed by atoms with Gasteiger partial charge in [-0.15, -0.1) is 0 Å². The van der Waals surface area contributed by atoms with Crippen LogP contribution in [-0.4, -0.2) is 14.9 Å². The van der Waals surface area contributed by atoms with Gasteiger partial charge in [0.1, 0.15) is 6.33 Å². The van der Waals surface area contributed by atoms with Crippen molar-refractivity contribution in [1.29, 1.82) is 0 Å². The minimum absolute atomic E-state index is 0.0905. The van der Waals surface area contributed by atoms with Crippen molar-refractivity contribution in [1.82, 2.24) is 9.97 Å². The van der Waals surface area contributed by atoms with Crippen LogP contribution in [0, 0.1) is 10.1 Å². The molecule has 0 aliphatic carbocycles. The average Bonchev–Trinajstić information content (AvgIpc) is 2.64. The maximum absolute atomic E-state index is 13.1.